The summed E-state index contributed by atoms with van der Waals surface area (Å²) in [5.74, 6) is -23.0. The van der Waals surface area contributed by atoms with Crippen LogP contribution in [0, 0.1) is 41.5 Å². The summed E-state index contributed by atoms with van der Waals surface area (Å²) in [6.45, 7) is 8.56. The van der Waals surface area contributed by atoms with Crippen molar-refractivity contribution >= 4 is 163 Å². The molecule has 0 fully saturated rings. The molecule has 32 nitrogen and oxygen atoms in total. The summed E-state index contributed by atoms with van der Waals surface area (Å²) in [6, 6.07) is 24.4. The van der Waals surface area contributed by atoms with E-state index in [9.17, 15) is 76.7 Å². The van der Waals surface area contributed by atoms with Crippen LogP contribution in [0.2, 0.25) is 0 Å². The first-order valence-electron chi connectivity index (χ1n) is 25.4. The van der Waals surface area contributed by atoms with Crippen LogP contribution in [0.1, 0.15) is 33.4 Å². The van der Waals surface area contributed by atoms with Crippen molar-refractivity contribution in [3.8, 4) is 0 Å². The number of carboxylic acid groups (broad SMARTS) is 4. The number of aliphatic carboxylic acids is 4. The summed E-state index contributed by atoms with van der Waals surface area (Å²) in [5.41, 5.74) is 0.541. The Bertz CT molecular complexity index is 3990. The minimum Gasteiger partial charge on any atom is -0.621 e. The molecule has 0 aliphatic carbocycles. The molecule has 6 rings (SSSR count). The van der Waals surface area contributed by atoms with Gasteiger partial charge in [0, 0.05) is 46.9 Å². The topological polar surface area (TPSA) is 512 Å². The number of hydrogen-bond donors (Lipinski definition) is 4. The van der Waals surface area contributed by atoms with Crippen LogP contribution >= 0.6 is 0 Å². The van der Waals surface area contributed by atoms with Crippen molar-refractivity contribution < 1.29 is 165 Å². The fourth-order valence-electron chi connectivity index (χ4n) is 7.35. The van der Waals surface area contributed by atoms with Crippen molar-refractivity contribution in [1.29, 1.82) is 0 Å². The molecule has 0 spiro atoms. The minimum absolute atomic E-state index is 0. The molecule has 95 heavy (non-hydrogen) atoms. The van der Waals surface area contributed by atoms with Gasteiger partial charge >= 0.3 is 63.9 Å². The Balaban J connectivity index is 0.000000912. The monoisotopic (exact) mass is 1490 g/mol. The summed E-state index contributed by atoms with van der Waals surface area (Å²) in [6.07, 6.45) is 0. The van der Waals surface area contributed by atoms with Crippen molar-refractivity contribution in [2.45, 2.75) is 41.5 Å². The Hall–Kier alpha value is -11.1. The summed E-state index contributed by atoms with van der Waals surface area (Å²) < 4.78 is 0. The average molecular weight is 1490 g/mol. The molecule has 12 amide bonds. The number of rotatable bonds is 12. The summed E-state index contributed by atoms with van der Waals surface area (Å²) in [5, 5.41) is 75.2. The van der Waals surface area contributed by atoms with Crippen LogP contribution in [0.3, 0.4) is 0 Å². The van der Waals surface area contributed by atoms with Crippen LogP contribution in [-0.4, -0.2) is 122 Å². The Morgan fingerprint density at radius 3 is 0.568 bits per heavy atom. The van der Waals surface area contributed by atoms with E-state index in [2.05, 4.69) is 58.5 Å². The second-order valence-corrected chi connectivity index (χ2v) is 18.2. The van der Waals surface area contributed by atoms with Crippen molar-refractivity contribution in [1.82, 2.24) is 0 Å². The number of anilines is 1. The van der Waals surface area contributed by atoms with Crippen molar-refractivity contribution in [2.75, 3.05) is 11.9 Å². The first-order valence-corrected chi connectivity index (χ1v) is 25.4. The molecule has 0 aromatic heterocycles. The zero-order valence-corrected chi connectivity index (χ0v) is 53.1. The van der Waals surface area contributed by atoms with Crippen LogP contribution in [0.5, 0.6) is 0 Å². The maximum absolute atomic E-state index is 12.6. The molecule has 0 heterocycles. The maximum Gasteiger partial charge on any atom is 2.00 e. The van der Waals surface area contributed by atoms with Crippen molar-refractivity contribution in [2.24, 2.45) is 0 Å². The molecule has 6 aromatic carbocycles. The first-order chi connectivity index (χ1) is 42.8. The molecule has 4 N–H and O–H groups in total. The number of carbonyl (C=O) groups excluding carboxylic acids is 12. The number of nitrogens with zero attached hydrogens (tertiary/aromatic N) is 12. The fourth-order valence-corrected chi connectivity index (χ4v) is 7.35. The Kier molecular flexibility index (Phi) is 31.8. The fraction of sp³-hybridized carbons (Fsp3) is 0.119. The van der Waals surface area contributed by atoms with Crippen LogP contribution < -0.4 is 4.90 Å². The average Bonchev–Trinajstić information content (AvgIpc) is 0.864. The number of likely N-dealkylation sites (N-methyl/N-ethyl adjacent to an activating group) is 1. The second kappa shape index (κ2) is 36.8. The van der Waals surface area contributed by atoms with Gasteiger partial charge in [0.05, 0.1) is 0 Å². The van der Waals surface area contributed by atoms with Gasteiger partial charge in [-0.25, -0.2) is 19.2 Å². The Labute approximate surface area is 579 Å². The van der Waals surface area contributed by atoms with Crippen LogP contribution in [0.4, 0.5) is 68.2 Å². The largest absolute Gasteiger partial charge is 2.00 e. The maximum atomic E-state index is 12.6. The predicted molar refractivity (Wildman–Crippen MR) is 319 cm³/mol. The van der Waals surface area contributed by atoms with E-state index in [1.165, 1.54) is 158 Å². The number of carbonyl (C=O) groups is 16. The van der Waals surface area contributed by atoms with Crippen LogP contribution in [0.25, 0.3) is 58.5 Å². The van der Waals surface area contributed by atoms with Gasteiger partial charge in [0.2, 0.25) is 0 Å². The van der Waals surface area contributed by atoms with Gasteiger partial charge in [0.25, 0.3) is 0 Å². The van der Waals surface area contributed by atoms with Crippen molar-refractivity contribution in [3.63, 3.8) is 0 Å². The molecule has 0 saturated heterocycles. The smallest absolute Gasteiger partial charge is 0.621 e. The summed E-state index contributed by atoms with van der Waals surface area (Å²) in [7, 11) is 1.22. The molecule has 0 atom stereocenters. The van der Waals surface area contributed by atoms with E-state index in [0.717, 1.165) is 4.90 Å². The quantitative estimate of drug-likeness (QED) is 0.0653. The molecule has 511 valence electrons. The van der Waals surface area contributed by atoms with E-state index in [0.29, 0.717) is 0 Å². The Morgan fingerprint density at radius 2 is 0.411 bits per heavy atom. The van der Waals surface area contributed by atoms with Crippen LogP contribution in [-0.2, 0) is 145 Å². The molecule has 6 aromatic rings. The van der Waals surface area contributed by atoms with Crippen LogP contribution in [0.15, 0.2) is 109 Å². The van der Waals surface area contributed by atoms with E-state index in [1.807, 2.05) is 0 Å². The van der Waals surface area contributed by atoms with Gasteiger partial charge in [-0.15, -0.1) is 62.6 Å². The van der Waals surface area contributed by atoms with E-state index < -0.39 is 94.8 Å². The van der Waals surface area contributed by atoms with Gasteiger partial charge in [0.15, 0.2) is 17.7 Å². The molecule has 0 unspecified atom stereocenters. The molecule has 0 bridgehead atoms. The third kappa shape index (κ3) is 22.0. The third-order valence-electron chi connectivity index (χ3n) is 12.2. The van der Waals surface area contributed by atoms with E-state index >= 15 is 0 Å². The van der Waals surface area contributed by atoms with Crippen molar-refractivity contribution in [3.05, 3.63) is 201 Å². The summed E-state index contributed by atoms with van der Waals surface area (Å²) >= 11 is 0. The predicted octanol–water partition coefficient (Wildman–Crippen LogP) is 10.2. The second-order valence-electron chi connectivity index (χ2n) is 18.2. The number of amides is 12. The molecular weight excluding hydrogens is 1450 g/mol. The Morgan fingerprint density at radius 1 is 0.263 bits per heavy atom. The standard InChI is InChI=1S/C30H28N6O10.C29H26N6O10.4Cu/c1-14-17(31-23(37)24(38)33-19-10-6-11-20(15(19)2)35-27(41)29(43)44)8-5-9-18(14)32-25(39)26(40)34-21-12-7-13-22(16(21)3)36(4)28(42)30(45)46;1-13-16(30-22(36)24(38)32-18-9-5-11-20(14(18)2)34-26(40)28(42)43)7-4-8-17(13)31-23(37)25(39)33-19-10-6-12-21(15(19)3)35-27(41)29(44)45;;;;/h5-13H,1-4H3,(H7,31,32,33,34,35,37,38,39,40,41,43,44,45,46);4-12H,1-3H3,(H8,30,31,32,33,34,35,36,37,38,39,40,41,42,43,44,45);;;;/q;;;;+1;+2/p-11. The van der Waals surface area contributed by atoms with Gasteiger partial charge in [-0.3, -0.25) is 4.79 Å². The third-order valence-corrected chi connectivity index (χ3v) is 12.2. The minimum atomic E-state index is -1.78. The SMILES string of the molecule is Cc1c([N-]C(=O)C(=O)O)cccc1[N-]C(=O)C(=O)[N-]c1cccc([N-]C(=O)C(=O)[N-]c2cccc(N(C)C(=O)C(=O)O)c2C)c1C.Cc1c([N-]C(=O)C(=O)O)cccc1[N-]C(=O)C(=O)[N-]c1cccc([N-]C(=O)C(=O)[N-]c2cccc([N-]C(=O)C(=O)O)c2C)c1C.[Cu+2].[Cu+].[Cu].[Cu]. The first kappa shape index (κ1) is 81.9. The van der Waals surface area contributed by atoms with E-state index in [-0.39, 0.29) is 170 Å². The van der Waals surface area contributed by atoms with E-state index in [1.54, 1.807) is 0 Å². The molecule has 36 heteroatoms. The number of carboxylic acids is 4. The van der Waals surface area contributed by atoms with Gasteiger partial charge < -0.3 is 137 Å². The van der Waals surface area contributed by atoms with Gasteiger partial charge in [-0.1, -0.05) is 131 Å². The summed E-state index contributed by atoms with van der Waals surface area (Å²) in [4.78, 5) is 191. The van der Waals surface area contributed by atoms with E-state index in [4.69, 9.17) is 20.4 Å². The zero-order chi connectivity index (χ0) is 67.7. The van der Waals surface area contributed by atoms with Gasteiger partial charge in [-0.2, -0.15) is 0 Å². The number of benzene rings is 6. The molecular formula is C59H43Cu4N12O20-8. The molecule has 3 radical (unpaired) electrons. The number of hydrogen-bond acceptors (Lipinski definition) is 16. The normalized spacial score (nSPS) is 9.72. The molecule has 0 aliphatic rings. The zero-order valence-electron chi connectivity index (χ0n) is 49.3. The molecule has 0 saturated carbocycles. The van der Waals surface area contributed by atoms with Gasteiger partial charge in [0.1, 0.15) is 47.3 Å². The molecule has 0 aliphatic heterocycles. The van der Waals surface area contributed by atoms with Gasteiger partial charge in [-0.05, 0) is 53.2 Å².